The third-order valence-electron chi connectivity index (χ3n) is 5.33. The molecule has 0 saturated heterocycles. The van der Waals surface area contributed by atoms with E-state index in [2.05, 4.69) is 15.5 Å². The maximum Gasteiger partial charge on any atom is 0.389 e. The number of aryl methyl sites for hydroxylation is 1. The fourth-order valence-corrected chi connectivity index (χ4v) is 3.50. The molecule has 2 N–H and O–H groups in total. The van der Waals surface area contributed by atoms with Crippen LogP contribution >= 0.6 is 0 Å². The largest absolute Gasteiger partial charge is 0.494 e. The molecule has 4 rings (SSSR count). The highest BCUT2D eigenvalue weighted by Gasteiger charge is 2.26. The first-order valence-electron chi connectivity index (χ1n) is 11.1. The van der Waals surface area contributed by atoms with Gasteiger partial charge in [-0.3, -0.25) is 9.59 Å². The number of halogens is 3. The molecule has 2 heterocycles. The number of carbonyl (C=O) groups is 1. The standard InChI is InChI=1S/C26H22F3N3O4/c1-16-3-5-17(6-4-16)20-15-21(31-25(34)23(20)32-24(33)22-11-13-30-36-22)18-7-9-19(10-8-18)35-14-2-12-26(27,28)29/h3-11,13,15H,2,12,14H2,1H3,(H,31,34)(H,32,33). The molecule has 0 saturated carbocycles. The molecule has 186 valence electrons. The summed E-state index contributed by atoms with van der Waals surface area (Å²) in [7, 11) is 0. The summed E-state index contributed by atoms with van der Waals surface area (Å²) in [5.41, 5.74) is 2.89. The van der Waals surface area contributed by atoms with E-state index in [1.165, 1.54) is 12.3 Å². The van der Waals surface area contributed by atoms with Crippen molar-refractivity contribution in [1.29, 1.82) is 0 Å². The summed E-state index contributed by atoms with van der Waals surface area (Å²) in [6.07, 6.45) is -3.94. The number of hydrogen-bond acceptors (Lipinski definition) is 5. The van der Waals surface area contributed by atoms with E-state index < -0.39 is 24.1 Å². The van der Waals surface area contributed by atoms with Gasteiger partial charge in [0, 0.05) is 23.7 Å². The number of hydrogen-bond donors (Lipinski definition) is 2. The molecule has 0 aliphatic carbocycles. The molecule has 10 heteroatoms. The second-order valence-corrected chi connectivity index (χ2v) is 8.09. The first kappa shape index (κ1) is 24.8. The Bertz CT molecular complexity index is 1380. The Morgan fingerprint density at radius 3 is 2.39 bits per heavy atom. The molecule has 0 spiro atoms. The molecule has 2 aromatic heterocycles. The summed E-state index contributed by atoms with van der Waals surface area (Å²) in [6.45, 7) is 1.87. The number of ether oxygens (including phenoxy) is 1. The number of H-pyrrole nitrogens is 1. The van der Waals surface area contributed by atoms with Gasteiger partial charge >= 0.3 is 6.18 Å². The van der Waals surface area contributed by atoms with E-state index in [1.807, 2.05) is 31.2 Å². The summed E-state index contributed by atoms with van der Waals surface area (Å²) in [5, 5.41) is 6.12. The van der Waals surface area contributed by atoms with Crippen LogP contribution in [0.5, 0.6) is 5.75 Å². The van der Waals surface area contributed by atoms with Gasteiger partial charge in [-0.2, -0.15) is 13.2 Å². The van der Waals surface area contributed by atoms with Gasteiger partial charge in [-0.25, -0.2) is 0 Å². The molecule has 36 heavy (non-hydrogen) atoms. The maximum atomic E-state index is 13.1. The van der Waals surface area contributed by atoms with Crippen molar-refractivity contribution in [1.82, 2.24) is 10.1 Å². The smallest absolute Gasteiger partial charge is 0.389 e. The SMILES string of the molecule is Cc1ccc(-c2cc(-c3ccc(OCCCC(F)(F)F)cc3)[nH]c(=O)c2NC(=O)c2ccno2)cc1. The number of nitrogens with one attached hydrogen (secondary N) is 2. The van der Waals surface area contributed by atoms with Gasteiger partial charge < -0.3 is 19.6 Å². The first-order valence-corrected chi connectivity index (χ1v) is 11.1. The zero-order chi connectivity index (χ0) is 25.7. The first-order chi connectivity index (χ1) is 17.2. The van der Waals surface area contributed by atoms with E-state index in [-0.39, 0.29) is 24.5 Å². The average molecular weight is 497 g/mol. The third-order valence-corrected chi connectivity index (χ3v) is 5.33. The molecule has 0 fully saturated rings. The van der Waals surface area contributed by atoms with Crippen LogP contribution in [0.3, 0.4) is 0 Å². The predicted molar refractivity (Wildman–Crippen MR) is 128 cm³/mol. The molecular formula is C26H22F3N3O4. The number of alkyl halides is 3. The molecule has 2 aromatic carbocycles. The molecule has 0 radical (unpaired) electrons. The number of nitrogens with zero attached hydrogens (tertiary/aromatic N) is 1. The summed E-state index contributed by atoms with van der Waals surface area (Å²) in [5.74, 6) is -0.247. The molecular weight excluding hydrogens is 475 g/mol. The Morgan fingerprint density at radius 1 is 1.06 bits per heavy atom. The van der Waals surface area contributed by atoms with Crippen LogP contribution in [-0.4, -0.2) is 28.8 Å². The number of carbonyl (C=O) groups excluding carboxylic acids is 1. The quantitative estimate of drug-likeness (QED) is 0.292. The van der Waals surface area contributed by atoms with Gasteiger partial charge in [-0.1, -0.05) is 35.0 Å². The molecule has 0 aliphatic heterocycles. The lowest BCUT2D eigenvalue weighted by molar-refractivity contribution is -0.136. The normalized spacial score (nSPS) is 11.3. The van der Waals surface area contributed by atoms with Gasteiger partial charge in [0.15, 0.2) is 0 Å². The van der Waals surface area contributed by atoms with Crippen LogP contribution in [0.1, 0.15) is 29.0 Å². The summed E-state index contributed by atoms with van der Waals surface area (Å²) in [4.78, 5) is 28.4. The van der Waals surface area contributed by atoms with E-state index >= 15 is 0 Å². The van der Waals surface area contributed by atoms with Gasteiger partial charge in [0.05, 0.1) is 12.8 Å². The minimum absolute atomic E-state index is 0.0424. The maximum absolute atomic E-state index is 13.1. The topological polar surface area (TPSA) is 97.2 Å². The van der Waals surface area contributed by atoms with Crippen molar-refractivity contribution < 1.29 is 27.2 Å². The van der Waals surface area contributed by atoms with E-state index in [4.69, 9.17) is 9.26 Å². The molecule has 0 bridgehead atoms. The fraction of sp³-hybridized carbons (Fsp3) is 0.192. The lowest BCUT2D eigenvalue weighted by Gasteiger charge is -2.13. The van der Waals surface area contributed by atoms with Crippen LogP contribution in [0.25, 0.3) is 22.4 Å². The van der Waals surface area contributed by atoms with Crippen LogP contribution in [0.2, 0.25) is 0 Å². The number of pyridine rings is 1. The number of aromatic amines is 1. The second-order valence-electron chi connectivity index (χ2n) is 8.09. The van der Waals surface area contributed by atoms with Gasteiger partial charge in [0.25, 0.3) is 11.5 Å². The van der Waals surface area contributed by atoms with Crippen LogP contribution in [-0.2, 0) is 0 Å². The van der Waals surface area contributed by atoms with Crippen molar-refractivity contribution >= 4 is 11.6 Å². The predicted octanol–water partition coefficient (Wildman–Crippen LogP) is 5.98. The summed E-state index contributed by atoms with van der Waals surface area (Å²) in [6, 6.07) is 17.2. The average Bonchev–Trinajstić information content (AvgIpc) is 3.39. The second kappa shape index (κ2) is 10.5. The molecule has 0 unspecified atom stereocenters. The van der Waals surface area contributed by atoms with Gasteiger partial charge in [-0.15, -0.1) is 0 Å². The van der Waals surface area contributed by atoms with E-state index in [0.29, 0.717) is 28.1 Å². The molecule has 0 aliphatic rings. The summed E-state index contributed by atoms with van der Waals surface area (Å²) < 4.78 is 47.1. The molecule has 0 atom stereocenters. The van der Waals surface area contributed by atoms with Gasteiger partial charge in [-0.05, 0) is 54.8 Å². The third kappa shape index (κ3) is 6.21. The number of amides is 1. The number of aromatic nitrogens is 2. The Hall–Kier alpha value is -4.34. The van der Waals surface area contributed by atoms with E-state index in [1.54, 1.807) is 30.3 Å². The number of benzene rings is 2. The monoisotopic (exact) mass is 497 g/mol. The molecule has 7 nitrogen and oxygen atoms in total. The van der Waals surface area contributed by atoms with Crippen molar-refractivity contribution in [3.8, 4) is 28.1 Å². The Kier molecular flexibility index (Phi) is 7.23. The van der Waals surface area contributed by atoms with E-state index in [0.717, 1.165) is 5.56 Å². The fourth-order valence-electron chi connectivity index (χ4n) is 3.50. The van der Waals surface area contributed by atoms with E-state index in [9.17, 15) is 22.8 Å². The van der Waals surface area contributed by atoms with Crippen LogP contribution in [0.4, 0.5) is 18.9 Å². The lowest BCUT2D eigenvalue weighted by atomic mass is 10.0. The van der Waals surface area contributed by atoms with Crippen molar-refractivity contribution in [2.75, 3.05) is 11.9 Å². The van der Waals surface area contributed by atoms with Crippen molar-refractivity contribution in [3.63, 3.8) is 0 Å². The highest BCUT2D eigenvalue weighted by atomic mass is 19.4. The number of rotatable bonds is 8. The summed E-state index contributed by atoms with van der Waals surface area (Å²) >= 11 is 0. The number of anilines is 1. The zero-order valence-corrected chi connectivity index (χ0v) is 19.2. The van der Waals surface area contributed by atoms with Crippen molar-refractivity contribution in [2.45, 2.75) is 25.9 Å². The van der Waals surface area contributed by atoms with Gasteiger partial charge in [0.2, 0.25) is 5.76 Å². The Morgan fingerprint density at radius 2 is 1.75 bits per heavy atom. The van der Waals surface area contributed by atoms with Gasteiger partial charge in [0.1, 0.15) is 11.4 Å². The minimum Gasteiger partial charge on any atom is -0.494 e. The van der Waals surface area contributed by atoms with Crippen molar-refractivity contribution in [3.05, 3.63) is 88.5 Å². The molecule has 1 amide bonds. The van der Waals surface area contributed by atoms with Crippen LogP contribution in [0.15, 0.2) is 76.2 Å². The highest BCUT2D eigenvalue weighted by Crippen LogP contribution is 2.30. The van der Waals surface area contributed by atoms with Crippen LogP contribution in [0, 0.1) is 6.92 Å². The minimum atomic E-state index is -4.21. The Labute approximate surface area is 203 Å². The molecule has 4 aromatic rings. The van der Waals surface area contributed by atoms with Crippen molar-refractivity contribution in [2.24, 2.45) is 0 Å². The highest BCUT2D eigenvalue weighted by molar-refractivity contribution is 6.04. The zero-order valence-electron chi connectivity index (χ0n) is 19.2. The Balaban J connectivity index is 1.61. The lowest BCUT2D eigenvalue weighted by Crippen LogP contribution is -2.21. The van der Waals surface area contributed by atoms with Crippen LogP contribution < -0.4 is 15.6 Å².